The van der Waals surface area contributed by atoms with Crippen molar-refractivity contribution >= 4 is 35.8 Å². The largest absolute Gasteiger partial charge is 0.379 e. The number of nitrogens with zero attached hydrogens (tertiary/aromatic N) is 2. The lowest BCUT2D eigenvalue weighted by Gasteiger charge is -2.26. The van der Waals surface area contributed by atoms with Gasteiger partial charge in [0.05, 0.1) is 19.6 Å². The number of carbonyl (C=O) groups excluding carboxylic acids is 1. The molecule has 9 heteroatoms. The summed E-state index contributed by atoms with van der Waals surface area (Å²) in [6.45, 7) is 6.28. The van der Waals surface area contributed by atoms with Crippen molar-refractivity contribution in [3.63, 3.8) is 0 Å². The molecule has 0 radical (unpaired) electrons. The summed E-state index contributed by atoms with van der Waals surface area (Å²) < 4.78 is 18.4. The van der Waals surface area contributed by atoms with Crippen LogP contribution in [0.15, 0.2) is 29.3 Å². The van der Waals surface area contributed by atoms with Crippen LogP contribution in [0.3, 0.4) is 0 Å². The van der Waals surface area contributed by atoms with Gasteiger partial charge in [-0.2, -0.15) is 0 Å². The first-order valence-corrected chi connectivity index (χ1v) is 8.93. The molecule has 2 rings (SSSR count). The summed E-state index contributed by atoms with van der Waals surface area (Å²) in [4.78, 5) is 18.4. The first-order chi connectivity index (χ1) is 12.7. The third kappa shape index (κ3) is 9.87. The molecule has 27 heavy (non-hydrogen) atoms. The SMILES string of the molecule is CN=C(NCCNC(=O)Cc1cccc(F)c1)NCCN1CCOCC1.I. The lowest BCUT2D eigenvalue weighted by atomic mass is 10.1. The van der Waals surface area contributed by atoms with Gasteiger partial charge in [-0.1, -0.05) is 12.1 Å². The Bertz CT molecular complexity index is 597. The monoisotopic (exact) mass is 493 g/mol. The summed E-state index contributed by atoms with van der Waals surface area (Å²) in [6.07, 6.45) is 0.171. The van der Waals surface area contributed by atoms with E-state index in [1.54, 1.807) is 19.2 Å². The fourth-order valence-electron chi connectivity index (χ4n) is 2.66. The number of hydrogen-bond donors (Lipinski definition) is 3. The van der Waals surface area contributed by atoms with E-state index in [-0.39, 0.29) is 42.1 Å². The highest BCUT2D eigenvalue weighted by molar-refractivity contribution is 14.0. The number of nitrogens with one attached hydrogen (secondary N) is 3. The lowest BCUT2D eigenvalue weighted by Crippen LogP contribution is -2.45. The summed E-state index contributed by atoms with van der Waals surface area (Å²) in [5.41, 5.74) is 0.663. The Kier molecular flexibility index (Phi) is 11.9. The minimum Gasteiger partial charge on any atom is -0.379 e. The molecule has 1 fully saturated rings. The second-order valence-electron chi connectivity index (χ2n) is 6.04. The van der Waals surface area contributed by atoms with Crippen LogP contribution in [0.5, 0.6) is 0 Å². The molecule has 1 aromatic rings. The Morgan fingerprint density at radius 1 is 1.19 bits per heavy atom. The van der Waals surface area contributed by atoms with Gasteiger partial charge in [-0.15, -0.1) is 24.0 Å². The van der Waals surface area contributed by atoms with E-state index in [0.717, 1.165) is 39.4 Å². The highest BCUT2D eigenvalue weighted by Crippen LogP contribution is 2.03. The molecule has 1 aromatic carbocycles. The Morgan fingerprint density at radius 2 is 1.89 bits per heavy atom. The highest BCUT2D eigenvalue weighted by atomic mass is 127. The van der Waals surface area contributed by atoms with Crippen molar-refractivity contribution in [3.05, 3.63) is 35.6 Å². The van der Waals surface area contributed by atoms with Gasteiger partial charge in [-0.3, -0.25) is 14.7 Å². The highest BCUT2D eigenvalue weighted by Gasteiger charge is 2.09. The maximum absolute atomic E-state index is 13.1. The average Bonchev–Trinajstić information content (AvgIpc) is 2.64. The predicted octanol–water partition coefficient (Wildman–Crippen LogP) is 0.600. The predicted molar refractivity (Wildman–Crippen MR) is 115 cm³/mol. The van der Waals surface area contributed by atoms with Gasteiger partial charge in [0, 0.05) is 46.3 Å². The van der Waals surface area contributed by atoms with E-state index in [9.17, 15) is 9.18 Å². The number of guanidine groups is 1. The van der Waals surface area contributed by atoms with E-state index in [2.05, 4.69) is 25.8 Å². The fourth-order valence-corrected chi connectivity index (χ4v) is 2.66. The molecule has 1 heterocycles. The van der Waals surface area contributed by atoms with Crippen LogP contribution in [0, 0.1) is 5.82 Å². The molecule has 0 bridgehead atoms. The minimum absolute atomic E-state index is 0. The smallest absolute Gasteiger partial charge is 0.224 e. The maximum Gasteiger partial charge on any atom is 0.224 e. The molecule has 7 nitrogen and oxygen atoms in total. The van der Waals surface area contributed by atoms with Crippen molar-refractivity contribution in [2.24, 2.45) is 4.99 Å². The van der Waals surface area contributed by atoms with E-state index in [4.69, 9.17) is 4.74 Å². The molecular weight excluding hydrogens is 464 g/mol. The Hall–Kier alpha value is -1.46. The Labute approximate surface area is 177 Å². The van der Waals surface area contributed by atoms with Gasteiger partial charge in [0.2, 0.25) is 5.91 Å². The van der Waals surface area contributed by atoms with Crippen molar-refractivity contribution in [2.45, 2.75) is 6.42 Å². The lowest BCUT2D eigenvalue weighted by molar-refractivity contribution is -0.120. The van der Waals surface area contributed by atoms with Gasteiger partial charge in [0.25, 0.3) is 0 Å². The van der Waals surface area contributed by atoms with Crippen LogP contribution in [0.2, 0.25) is 0 Å². The molecule has 3 N–H and O–H groups in total. The molecule has 0 saturated carbocycles. The third-order valence-corrected chi connectivity index (χ3v) is 4.04. The van der Waals surface area contributed by atoms with Crippen molar-refractivity contribution in [1.29, 1.82) is 0 Å². The molecule has 1 saturated heterocycles. The summed E-state index contributed by atoms with van der Waals surface area (Å²) in [5, 5.41) is 9.22. The van der Waals surface area contributed by atoms with Gasteiger partial charge >= 0.3 is 0 Å². The average molecular weight is 493 g/mol. The summed E-state index contributed by atoms with van der Waals surface area (Å²) >= 11 is 0. The standard InChI is InChI=1S/C18H28FN5O2.HI/c1-20-18(23-7-8-24-9-11-26-12-10-24)22-6-5-21-17(25)14-15-3-2-4-16(19)13-15;/h2-4,13H,5-12,14H2,1H3,(H,21,25)(H2,20,22,23);1H. The zero-order chi connectivity index (χ0) is 18.6. The van der Waals surface area contributed by atoms with Gasteiger partial charge < -0.3 is 20.7 Å². The van der Waals surface area contributed by atoms with Crippen LogP contribution < -0.4 is 16.0 Å². The molecule has 0 aromatic heterocycles. The van der Waals surface area contributed by atoms with Crippen LogP contribution >= 0.6 is 24.0 Å². The van der Waals surface area contributed by atoms with E-state index in [0.29, 0.717) is 24.6 Å². The molecule has 0 spiro atoms. The van der Waals surface area contributed by atoms with Crippen molar-refractivity contribution in [2.75, 3.05) is 59.5 Å². The van der Waals surface area contributed by atoms with Gasteiger partial charge in [-0.05, 0) is 17.7 Å². The molecule has 0 atom stereocenters. The normalized spacial score (nSPS) is 15.0. The number of halogens is 2. The van der Waals surface area contributed by atoms with Crippen molar-refractivity contribution < 1.29 is 13.9 Å². The van der Waals surface area contributed by atoms with E-state index >= 15 is 0 Å². The fraction of sp³-hybridized carbons (Fsp3) is 0.556. The quantitative estimate of drug-likeness (QED) is 0.214. The number of hydrogen-bond acceptors (Lipinski definition) is 4. The first-order valence-electron chi connectivity index (χ1n) is 8.93. The Morgan fingerprint density at radius 3 is 2.59 bits per heavy atom. The summed E-state index contributed by atoms with van der Waals surface area (Å²) in [7, 11) is 1.71. The number of amides is 1. The topological polar surface area (TPSA) is 78.0 Å². The number of morpholine rings is 1. The zero-order valence-corrected chi connectivity index (χ0v) is 18.0. The van der Waals surface area contributed by atoms with Crippen LogP contribution in [0.25, 0.3) is 0 Å². The third-order valence-electron chi connectivity index (χ3n) is 4.04. The number of carbonyl (C=O) groups is 1. The Balaban J connectivity index is 0.00000364. The minimum atomic E-state index is -0.330. The number of ether oxygens (including phenoxy) is 1. The van der Waals surface area contributed by atoms with Crippen molar-refractivity contribution in [3.8, 4) is 0 Å². The second kappa shape index (κ2) is 13.7. The van der Waals surface area contributed by atoms with E-state index in [1.807, 2.05) is 0 Å². The number of rotatable bonds is 8. The molecule has 0 unspecified atom stereocenters. The molecule has 1 amide bonds. The second-order valence-corrected chi connectivity index (χ2v) is 6.04. The number of aliphatic imine (C=N–C) groups is 1. The number of benzene rings is 1. The van der Waals surface area contributed by atoms with Gasteiger partial charge in [0.15, 0.2) is 5.96 Å². The van der Waals surface area contributed by atoms with E-state index < -0.39 is 0 Å². The molecule has 0 aliphatic carbocycles. The van der Waals surface area contributed by atoms with Crippen LogP contribution in [-0.4, -0.2) is 76.3 Å². The molecule has 1 aliphatic heterocycles. The van der Waals surface area contributed by atoms with Crippen LogP contribution in [0.1, 0.15) is 5.56 Å². The van der Waals surface area contributed by atoms with Gasteiger partial charge in [-0.25, -0.2) is 4.39 Å². The molecule has 1 aliphatic rings. The molecular formula is C18H29FIN5O2. The summed E-state index contributed by atoms with van der Waals surface area (Å²) in [5.74, 6) is 0.245. The van der Waals surface area contributed by atoms with E-state index in [1.165, 1.54) is 12.1 Å². The van der Waals surface area contributed by atoms with Crippen LogP contribution in [0.4, 0.5) is 4.39 Å². The van der Waals surface area contributed by atoms with Crippen molar-refractivity contribution in [1.82, 2.24) is 20.9 Å². The summed E-state index contributed by atoms with van der Waals surface area (Å²) in [6, 6.07) is 6.08. The first kappa shape index (κ1) is 23.6. The maximum atomic E-state index is 13.1. The molecule has 152 valence electrons. The zero-order valence-electron chi connectivity index (χ0n) is 15.7. The van der Waals surface area contributed by atoms with Crippen LogP contribution in [-0.2, 0) is 16.0 Å². The van der Waals surface area contributed by atoms with Gasteiger partial charge in [0.1, 0.15) is 5.82 Å².